The third kappa shape index (κ3) is 4.35. The first kappa shape index (κ1) is 17.8. The molecule has 0 aliphatic heterocycles. The van der Waals surface area contributed by atoms with Crippen molar-refractivity contribution in [2.75, 3.05) is 6.54 Å². The first-order valence-electron chi connectivity index (χ1n) is 4.90. The van der Waals surface area contributed by atoms with E-state index in [1.54, 1.807) is 0 Å². The minimum atomic E-state index is -4.80. The summed E-state index contributed by atoms with van der Waals surface area (Å²) in [7, 11) is -4.67. The van der Waals surface area contributed by atoms with Crippen molar-refractivity contribution in [1.29, 1.82) is 0 Å². The van der Waals surface area contributed by atoms with Crippen molar-refractivity contribution < 1.29 is 35.2 Å². The number of amides is 1. The topological polar surface area (TPSA) is 89.3 Å². The molecule has 0 bridgehead atoms. The Kier molecular flexibility index (Phi) is 4.95. The van der Waals surface area contributed by atoms with E-state index in [1.807, 2.05) is 0 Å². The molecule has 0 radical (unpaired) electrons. The van der Waals surface area contributed by atoms with Gasteiger partial charge in [0.25, 0.3) is 5.91 Å². The Labute approximate surface area is 123 Å². The molecule has 21 heavy (non-hydrogen) atoms. The summed E-state index contributed by atoms with van der Waals surface area (Å²) >= 11 is 2.54. The van der Waals surface area contributed by atoms with Crippen LogP contribution in [-0.4, -0.2) is 27.0 Å². The smallest absolute Gasteiger partial charge is 0.343 e. The van der Waals surface area contributed by atoms with E-state index < -0.39 is 55.2 Å². The number of nitrogens with one attached hydrogen (secondary N) is 1. The molecule has 3 N–H and O–H groups in total. The highest BCUT2D eigenvalue weighted by molar-refractivity contribution is 9.10. The third-order valence-electron chi connectivity index (χ3n) is 2.09. The highest BCUT2D eigenvalue weighted by Gasteiger charge is 2.32. The summed E-state index contributed by atoms with van der Waals surface area (Å²) in [5, 5.41) is 5.91. The van der Waals surface area contributed by atoms with E-state index >= 15 is 0 Å². The van der Waals surface area contributed by atoms with Crippen LogP contribution in [0.4, 0.5) is 22.0 Å². The molecule has 0 aromatic heterocycles. The van der Waals surface area contributed by atoms with Gasteiger partial charge in [-0.25, -0.2) is 22.3 Å². The van der Waals surface area contributed by atoms with E-state index in [1.165, 1.54) is 5.32 Å². The standard InChI is InChI=1S/C9H6BrF5N2O3S/c10-3-1-4(11)5(6(12)7(3)21(16,19)20)8(18)17-2-9(13,14)15/h1H,2H2,(H,17,18)(H2,16,19,20). The number of nitrogens with two attached hydrogens (primary N) is 1. The summed E-state index contributed by atoms with van der Waals surface area (Å²) in [6, 6.07) is 0.408. The minimum Gasteiger partial charge on any atom is -0.343 e. The maximum Gasteiger partial charge on any atom is 0.405 e. The molecule has 1 rings (SSSR count). The van der Waals surface area contributed by atoms with Crippen LogP contribution in [0.3, 0.4) is 0 Å². The fraction of sp³-hybridized carbons (Fsp3) is 0.222. The Balaban J connectivity index is 3.35. The molecule has 0 fully saturated rings. The third-order valence-corrected chi connectivity index (χ3v) is 3.95. The molecule has 0 aliphatic carbocycles. The van der Waals surface area contributed by atoms with Crippen LogP contribution in [0.5, 0.6) is 0 Å². The number of primary sulfonamides is 1. The zero-order chi connectivity index (χ0) is 16.6. The molecule has 1 aromatic rings. The summed E-state index contributed by atoms with van der Waals surface area (Å²) in [6.07, 6.45) is -4.80. The van der Waals surface area contributed by atoms with Crippen LogP contribution >= 0.6 is 15.9 Å². The number of carbonyl (C=O) groups is 1. The number of rotatable bonds is 3. The number of sulfonamides is 1. The maximum atomic E-state index is 13.9. The van der Waals surface area contributed by atoms with Gasteiger partial charge in [0.2, 0.25) is 10.0 Å². The molecule has 0 saturated carbocycles. The van der Waals surface area contributed by atoms with Gasteiger partial charge in [0.05, 0.1) is 0 Å². The average molecular weight is 397 g/mol. The molecule has 0 aliphatic rings. The van der Waals surface area contributed by atoms with Gasteiger partial charge in [-0.2, -0.15) is 13.2 Å². The lowest BCUT2D eigenvalue weighted by atomic mass is 10.2. The second-order valence-corrected chi connectivity index (χ2v) is 6.05. The summed E-state index contributed by atoms with van der Waals surface area (Å²) in [6.45, 7) is -1.84. The first-order chi connectivity index (χ1) is 9.34. The SMILES string of the molecule is NS(=O)(=O)c1c(Br)cc(F)c(C(=O)NCC(F)(F)F)c1F. The Hall–Kier alpha value is -1.27. The number of halogens is 6. The van der Waals surface area contributed by atoms with Crippen molar-refractivity contribution in [3.8, 4) is 0 Å². The first-order valence-corrected chi connectivity index (χ1v) is 7.23. The number of alkyl halides is 3. The predicted octanol–water partition coefficient (Wildman–Crippen LogP) is 1.67. The normalized spacial score (nSPS) is 12.3. The van der Waals surface area contributed by atoms with Gasteiger partial charge in [0, 0.05) is 4.47 Å². The van der Waals surface area contributed by atoms with Crippen molar-refractivity contribution in [3.05, 3.63) is 27.7 Å². The van der Waals surface area contributed by atoms with Gasteiger partial charge in [-0.05, 0) is 22.0 Å². The second-order valence-electron chi connectivity index (χ2n) is 3.70. The zero-order valence-electron chi connectivity index (χ0n) is 9.76. The lowest BCUT2D eigenvalue weighted by molar-refractivity contribution is -0.123. The van der Waals surface area contributed by atoms with Crippen molar-refractivity contribution in [2.45, 2.75) is 11.1 Å². The van der Waals surface area contributed by atoms with Crippen LogP contribution in [0.15, 0.2) is 15.4 Å². The largest absolute Gasteiger partial charge is 0.405 e. The second kappa shape index (κ2) is 5.85. The molecule has 118 valence electrons. The van der Waals surface area contributed by atoms with Gasteiger partial charge in [-0.3, -0.25) is 4.79 Å². The monoisotopic (exact) mass is 396 g/mol. The van der Waals surface area contributed by atoms with Gasteiger partial charge >= 0.3 is 6.18 Å². The molecular formula is C9H6BrF5N2O3S. The van der Waals surface area contributed by atoms with E-state index in [9.17, 15) is 35.2 Å². The zero-order valence-corrected chi connectivity index (χ0v) is 12.2. The summed E-state index contributed by atoms with van der Waals surface area (Å²) in [5.74, 6) is -5.20. The van der Waals surface area contributed by atoms with E-state index in [4.69, 9.17) is 0 Å². The van der Waals surface area contributed by atoms with Crippen molar-refractivity contribution in [1.82, 2.24) is 5.32 Å². The molecule has 0 heterocycles. The highest BCUT2D eigenvalue weighted by atomic mass is 79.9. The summed E-state index contributed by atoms with van der Waals surface area (Å²) in [5.41, 5.74) is -1.48. The summed E-state index contributed by atoms with van der Waals surface area (Å²) < 4.78 is 84.9. The van der Waals surface area contributed by atoms with E-state index in [0.29, 0.717) is 6.07 Å². The molecule has 0 atom stereocenters. The van der Waals surface area contributed by atoms with E-state index in [2.05, 4.69) is 21.1 Å². The van der Waals surface area contributed by atoms with E-state index in [0.717, 1.165) is 0 Å². The molecule has 0 spiro atoms. The molecule has 0 saturated heterocycles. The maximum absolute atomic E-state index is 13.9. The predicted molar refractivity (Wildman–Crippen MR) is 63.8 cm³/mol. The molecule has 1 aromatic carbocycles. The van der Waals surface area contributed by atoms with Crippen molar-refractivity contribution >= 4 is 31.9 Å². The van der Waals surface area contributed by atoms with Crippen LogP contribution in [-0.2, 0) is 10.0 Å². The van der Waals surface area contributed by atoms with E-state index in [-0.39, 0.29) is 0 Å². The van der Waals surface area contributed by atoms with Gasteiger partial charge in [0.15, 0.2) is 5.82 Å². The van der Waals surface area contributed by atoms with Crippen LogP contribution in [0.1, 0.15) is 10.4 Å². The number of hydrogen-bond acceptors (Lipinski definition) is 3. The van der Waals surface area contributed by atoms with Gasteiger partial charge in [-0.15, -0.1) is 0 Å². The van der Waals surface area contributed by atoms with Crippen LogP contribution in [0.25, 0.3) is 0 Å². The Bertz CT molecular complexity index is 690. The average Bonchev–Trinajstić information content (AvgIpc) is 2.22. The minimum absolute atomic E-state index is 0.408. The Morgan fingerprint density at radius 1 is 1.33 bits per heavy atom. The molecule has 12 heteroatoms. The van der Waals surface area contributed by atoms with Crippen molar-refractivity contribution in [2.24, 2.45) is 5.14 Å². The lowest BCUT2D eigenvalue weighted by Crippen LogP contribution is -2.35. The Morgan fingerprint density at radius 2 is 1.86 bits per heavy atom. The lowest BCUT2D eigenvalue weighted by Gasteiger charge is -2.12. The molecule has 0 unspecified atom stereocenters. The number of benzene rings is 1. The van der Waals surface area contributed by atoms with Crippen molar-refractivity contribution in [3.63, 3.8) is 0 Å². The molecule has 1 amide bonds. The number of hydrogen-bond donors (Lipinski definition) is 2. The summed E-state index contributed by atoms with van der Waals surface area (Å²) in [4.78, 5) is 10.1. The van der Waals surface area contributed by atoms with Gasteiger partial charge < -0.3 is 5.32 Å². The quantitative estimate of drug-likeness (QED) is 0.761. The van der Waals surface area contributed by atoms with Crippen LogP contribution in [0, 0.1) is 11.6 Å². The fourth-order valence-electron chi connectivity index (χ4n) is 1.31. The molecule has 5 nitrogen and oxygen atoms in total. The Morgan fingerprint density at radius 3 is 2.29 bits per heavy atom. The van der Waals surface area contributed by atoms with Gasteiger partial charge in [0.1, 0.15) is 22.8 Å². The van der Waals surface area contributed by atoms with Crippen LogP contribution in [0.2, 0.25) is 0 Å². The fourth-order valence-corrected chi connectivity index (χ4v) is 3.04. The highest BCUT2D eigenvalue weighted by Crippen LogP contribution is 2.28. The molecular weight excluding hydrogens is 391 g/mol. The number of carbonyl (C=O) groups excluding carboxylic acids is 1. The van der Waals surface area contributed by atoms with Crippen LogP contribution < -0.4 is 10.5 Å². The van der Waals surface area contributed by atoms with Gasteiger partial charge in [-0.1, -0.05) is 0 Å².